The molecule has 1 atom stereocenters. The molecule has 0 spiro atoms. The van der Waals surface area contributed by atoms with Gasteiger partial charge in [0.1, 0.15) is 5.75 Å². The molecule has 3 heterocycles. The van der Waals surface area contributed by atoms with E-state index in [1.807, 2.05) is 43.3 Å². The molecule has 1 aliphatic rings. The van der Waals surface area contributed by atoms with Crippen molar-refractivity contribution in [3.8, 4) is 11.8 Å². The zero-order valence-corrected chi connectivity index (χ0v) is 17.0. The van der Waals surface area contributed by atoms with Gasteiger partial charge in [0.05, 0.1) is 17.7 Å². The van der Waals surface area contributed by atoms with E-state index < -0.39 is 5.41 Å². The molecule has 0 aliphatic carbocycles. The molecule has 1 aliphatic heterocycles. The molecule has 1 unspecified atom stereocenters. The molecule has 2 aromatic heterocycles. The number of hydrogen-bond donors (Lipinski definition) is 1. The van der Waals surface area contributed by atoms with Crippen molar-refractivity contribution in [2.24, 2.45) is 5.41 Å². The van der Waals surface area contributed by atoms with Crippen LogP contribution in [-0.4, -0.2) is 38.8 Å². The van der Waals surface area contributed by atoms with Crippen molar-refractivity contribution in [1.82, 2.24) is 25.2 Å². The van der Waals surface area contributed by atoms with Crippen LogP contribution in [0.5, 0.6) is 11.8 Å². The van der Waals surface area contributed by atoms with Gasteiger partial charge in [-0.15, -0.1) is 0 Å². The molecular weight excluding hydrogens is 378 g/mol. The Hall–Kier alpha value is -3.32. The van der Waals surface area contributed by atoms with Crippen LogP contribution in [0, 0.1) is 5.41 Å². The van der Waals surface area contributed by atoms with Crippen LogP contribution in [0.4, 0.5) is 0 Å². The number of pyridine rings is 1. The third-order valence-electron chi connectivity index (χ3n) is 5.31. The van der Waals surface area contributed by atoms with Crippen LogP contribution in [0.2, 0.25) is 0 Å². The Morgan fingerprint density at radius 1 is 1.10 bits per heavy atom. The van der Waals surface area contributed by atoms with Gasteiger partial charge in [-0.05, 0) is 55.8 Å². The number of benzene rings is 1. The molecule has 154 valence electrons. The molecule has 0 radical (unpaired) electrons. The molecule has 4 rings (SSSR count). The highest BCUT2D eigenvalue weighted by atomic mass is 16.5. The normalized spacial score (nSPS) is 18.8. The van der Waals surface area contributed by atoms with E-state index in [2.05, 4.69) is 31.2 Å². The summed E-state index contributed by atoms with van der Waals surface area (Å²) in [5, 5.41) is 3.04. The Morgan fingerprint density at radius 2 is 1.93 bits per heavy atom. The van der Waals surface area contributed by atoms with Gasteiger partial charge in [0.15, 0.2) is 0 Å². The maximum Gasteiger partial charge on any atom is 0.321 e. The number of carbonyl (C=O) groups excluding carboxylic acids is 1. The van der Waals surface area contributed by atoms with E-state index in [4.69, 9.17) is 4.74 Å². The van der Waals surface area contributed by atoms with E-state index in [9.17, 15) is 4.79 Å². The Morgan fingerprint density at radius 3 is 2.73 bits per heavy atom. The van der Waals surface area contributed by atoms with Gasteiger partial charge in [-0.25, -0.2) is 9.97 Å². The van der Waals surface area contributed by atoms with Crippen molar-refractivity contribution < 1.29 is 9.53 Å². The summed E-state index contributed by atoms with van der Waals surface area (Å²) in [4.78, 5) is 27.5. The number of hydrogen-bond acceptors (Lipinski definition) is 6. The van der Waals surface area contributed by atoms with Gasteiger partial charge in [-0.1, -0.05) is 18.2 Å². The van der Waals surface area contributed by atoms with Crippen LogP contribution < -0.4 is 10.1 Å². The molecule has 1 fully saturated rings. The summed E-state index contributed by atoms with van der Waals surface area (Å²) in [5.41, 5.74) is 1.59. The Balaban J connectivity index is 1.33. The molecule has 0 bridgehead atoms. The highest BCUT2D eigenvalue weighted by molar-refractivity contribution is 5.82. The number of nitrogens with one attached hydrogen (secondary N) is 1. The molecule has 1 aromatic carbocycles. The van der Waals surface area contributed by atoms with Gasteiger partial charge in [0, 0.05) is 31.7 Å². The summed E-state index contributed by atoms with van der Waals surface area (Å²) in [5.74, 6) is 0.780. The average Bonchev–Trinajstić information content (AvgIpc) is 3.15. The highest BCUT2D eigenvalue weighted by Gasteiger charge is 2.40. The SMILES string of the molecule is CC1(C(=O)NCc2ccccn2)CCN(Cc2cccc(Oc3ncccn3)c2)C1. The van der Waals surface area contributed by atoms with E-state index in [0.717, 1.165) is 30.8 Å². The first-order chi connectivity index (χ1) is 14.6. The third kappa shape index (κ3) is 4.99. The van der Waals surface area contributed by atoms with E-state index in [-0.39, 0.29) is 5.91 Å². The fraction of sp³-hybridized carbons (Fsp3) is 0.304. The van der Waals surface area contributed by atoms with Gasteiger partial charge in [0.2, 0.25) is 5.91 Å². The molecule has 1 amide bonds. The van der Waals surface area contributed by atoms with Crippen LogP contribution >= 0.6 is 0 Å². The maximum atomic E-state index is 12.8. The second kappa shape index (κ2) is 9.00. The fourth-order valence-corrected chi connectivity index (χ4v) is 3.67. The van der Waals surface area contributed by atoms with Crippen molar-refractivity contribution >= 4 is 5.91 Å². The molecule has 3 aromatic rings. The second-order valence-electron chi connectivity index (χ2n) is 7.81. The minimum Gasteiger partial charge on any atom is -0.424 e. The standard InChI is InChI=1S/C23H25N5O2/c1-23(21(29)27-15-19-7-2-3-10-24-19)9-13-28(17-23)16-18-6-4-8-20(14-18)30-22-25-11-5-12-26-22/h2-8,10-12,14H,9,13,15-17H2,1H3,(H,27,29). The van der Waals surface area contributed by atoms with Crippen LogP contribution in [0.25, 0.3) is 0 Å². The number of carbonyl (C=O) groups is 1. The zero-order valence-electron chi connectivity index (χ0n) is 17.0. The zero-order chi connectivity index (χ0) is 20.8. The topological polar surface area (TPSA) is 80.2 Å². The number of nitrogens with zero attached hydrogens (tertiary/aromatic N) is 4. The fourth-order valence-electron chi connectivity index (χ4n) is 3.67. The van der Waals surface area contributed by atoms with Crippen LogP contribution in [0.15, 0.2) is 67.1 Å². The van der Waals surface area contributed by atoms with Gasteiger partial charge in [-0.3, -0.25) is 14.7 Å². The molecule has 7 nitrogen and oxygen atoms in total. The summed E-state index contributed by atoms with van der Waals surface area (Å²) >= 11 is 0. The molecule has 1 saturated heterocycles. The Kier molecular flexibility index (Phi) is 5.99. The summed E-state index contributed by atoms with van der Waals surface area (Å²) in [7, 11) is 0. The predicted molar refractivity (Wildman–Crippen MR) is 113 cm³/mol. The average molecular weight is 403 g/mol. The smallest absolute Gasteiger partial charge is 0.321 e. The Labute approximate surface area is 176 Å². The molecule has 1 N–H and O–H groups in total. The van der Waals surface area contributed by atoms with E-state index >= 15 is 0 Å². The van der Waals surface area contributed by atoms with Crippen LogP contribution in [-0.2, 0) is 17.9 Å². The van der Waals surface area contributed by atoms with Crippen molar-refractivity contribution in [2.45, 2.75) is 26.4 Å². The van der Waals surface area contributed by atoms with Crippen LogP contribution in [0.1, 0.15) is 24.6 Å². The summed E-state index contributed by atoms with van der Waals surface area (Å²) < 4.78 is 5.73. The molecular formula is C23H25N5O2. The first kappa shape index (κ1) is 20.0. The molecule has 0 saturated carbocycles. The van der Waals surface area contributed by atoms with Gasteiger partial charge < -0.3 is 10.1 Å². The summed E-state index contributed by atoms with van der Waals surface area (Å²) in [6, 6.07) is 15.7. The van der Waals surface area contributed by atoms with Crippen molar-refractivity contribution in [3.05, 3.63) is 78.4 Å². The van der Waals surface area contributed by atoms with Gasteiger partial charge in [-0.2, -0.15) is 0 Å². The lowest BCUT2D eigenvalue weighted by atomic mass is 9.88. The van der Waals surface area contributed by atoms with Gasteiger partial charge in [0.25, 0.3) is 0 Å². The quantitative estimate of drug-likeness (QED) is 0.653. The first-order valence-corrected chi connectivity index (χ1v) is 10.1. The predicted octanol–water partition coefficient (Wildman–Crippen LogP) is 3.19. The number of amides is 1. The molecule has 7 heteroatoms. The highest BCUT2D eigenvalue weighted by Crippen LogP contribution is 2.31. The third-order valence-corrected chi connectivity index (χ3v) is 5.31. The minimum atomic E-state index is -0.402. The monoisotopic (exact) mass is 403 g/mol. The first-order valence-electron chi connectivity index (χ1n) is 10.1. The molecule has 30 heavy (non-hydrogen) atoms. The number of aromatic nitrogens is 3. The number of likely N-dealkylation sites (tertiary alicyclic amines) is 1. The summed E-state index contributed by atoms with van der Waals surface area (Å²) in [6.07, 6.45) is 5.86. The lowest BCUT2D eigenvalue weighted by Crippen LogP contribution is -2.40. The van der Waals surface area contributed by atoms with Crippen LogP contribution in [0.3, 0.4) is 0 Å². The van der Waals surface area contributed by atoms with E-state index in [0.29, 0.717) is 24.8 Å². The van der Waals surface area contributed by atoms with Crippen molar-refractivity contribution in [3.63, 3.8) is 0 Å². The van der Waals surface area contributed by atoms with Crippen molar-refractivity contribution in [2.75, 3.05) is 13.1 Å². The maximum absolute atomic E-state index is 12.8. The number of ether oxygens (including phenoxy) is 1. The van der Waals surface area contributed by atoms with Gasteiger partial charge >= 0.3 is 6.01 Å². The number of rotatable bonds is 7. The van der Waals surface area contributed by atoms with Crippen molar-refractivity contribution in [1.29, 1.82) is 0 Å². The Bertz CT molecular complexity index is 983. The second-order valence-corrected chi connectivity index (χ2v) is 7.81. The minimum absolute atomic E-state index is 0.0777. The van der Waals surface area contributed by atoms with E-state index in [1.54, 1.807) is 24.7 Å². The summed E-state index contributed by atoms with van der Waals surface area (Å²) in [6.45, 7) is 4.84. The lowest BCUT2D eigenvalue weighted by Gasteiger charge is -2.24. The largest absolute Gasteiger partial charge is 0.424 e. The van der Waals surface area contributed by atoms with E-state index in [1.165, 1.54) is 0 Å². The lowest BCUT2D eigenvalue weighted by molar-refractivity contribution is -0.129.